The lowest BCUT2D eigenvalue weighted by Gasteiger charge is -2.30. The number of rotatable bonds is 13. The van der Waals surface area contributed by atoms with E-state index in [9.17, 15) is 22.8 Å². The number of carbonyl (C=O) groups excluding carboxylic acids is 2. The Labute approximate surface area is 252 Å². The van der Waals surface area contributed by atoms with Crippen LogP contribution in [-0.2, 0) is 32.2 Å². The predicted octanol–water partition coefficient (Wildman–Crippen LogP) is 3.37. The Balaban J connectivity index is 1.43. The lowest BCUT2D eigenvalue weighted by atomic mass is 10.2. The first-order chi connectivity index (χ1) is 21.0. The number of aromatic nitrogens is 4. The van der Waals surface area contributed by atoms with Gasteiger partial charge in [0.2, 0.25) is 5.95 Å². The Morgan fingerprint density at radius 1 is 1.16 bits per heavy atom. The molecule has 44 heavy (non-hydrogen) atoms. The van der Waals surface area contributed by atoms with E-state index in [0.717, 1.165) is 36.4 Å². The van der Waals surface area contributed by atoms with Crippen LogP contribution in [0.15, 0.2) is 55.2 Å². The maximum atomic E-state index is 12.4. The van der Waals surface area contributed by atoms with E-state index < -0.39 is 23.8 Å². The zero-order valence-electron chi connectivity index (χ0n) is 24.4. The first-order valence-electron chi connectivity index (χ1n) is 13.7. The molecule has 0 saturated carbocycles. The maximum Gasteiger partial charge on any atom is 0.491 e. The number of benzene rings is 1. The first-order valence-corrected chi connectivity index (χ1v) is 13.7. The number of nitrogens with zero attached hydrogens (tertiary/aromatic N) is 6. The lowest BCUT2D eigenvalue weighted by Crippen LogP contribution is -2.36. The molecule has 3 N–H and O–H groups in total. The van der Waals surface area contributed by atoms with E-state index in [1.54, 1.807) is 30.6 Å². The summed E-state index contributed by atoms with van der Waals surface area (Å²) in [7, 11) is 4.05. The third-order valence-corrected chi connectivity index (χ3v) is 6.35. The summed E-state index contributed by atoms with van der Waals surface area (Å²) in [5.74, 6) is -3.67. The highest BCUT2D eigenvalue weighted by molar-refractivity contribution is 6.03. The Morgan fingerprint density at radius 3 is 2.66 bits per heavy atom. The highest BCUT2D eigenvalue weighted by Crippen LogP contribution is 2.27. The van der Waals surface area contributed by atoms with E-state index in [1.807, 2.05) is 25.0 Å². The quantitative estimate of drug-likeness (QED) is 0.148. The van der Waals surface area contributed by atoms with Crippen LogP contribution in [0.4, 0.5) is 42.0 Å². The minimum atomic E-state index is -5.25. The van der Waals surface area contributed by atoms with Crippen LogP contribution in [0.1, 0.15) is 12.0 Å². The van der Waals surface area contributed by atoms with E-state index in [1.165, 1.54) is 6.07 Å². The summed E-state index contributed by atoms with van der Waals surface area (Å²) in [5.41, 5.74) is 2.51. The Morgan fingerprint density at radius 2 is 1.93 bits per heavy atom. The second kappa shape index (κ2) is 14.7. The van der Waals surface area contributed by atoms with Crippen molar-refractivity contribution in [3.05, 3.63) is 60.8 Å². The van der Waals surface area contributed by atoms with Crippen molar-refractivity contribution >= 4 is 40.7 Å². The van der Waals surface area contributed by atoms with Crippen molar-refractivity contribution in [1.29, 1.82) is 0 Å². The molecule has 1 aromatic carbocycles. The molecule has 1 aliphatic rings. The second-order valence-corrected chi connectivity index (χ2v) is 10.1. The fourth-order valence-electron chi connectivity index (χ4n) is 4.19. The molecule has 16 heteroatoms. The monoisotopic (exact) mass is 617 g/mol. The molecule has 1 amide bonds. The number of anilines is 5. The van der Waals surface area contributed by atoms with E-state index in [4.69, 9.17) is 9.72 Å². The van der Waals surface area contributed by atoms with Crippen molar-refractivity contribution < 1.29 is 32.2 Å². The molecular formula is C28H34F3N9O4. The second-order valence-electron chi connectivity index (χ2n) is 10.1. The van der Waals surface area contributed by atoms with Gasteiger partial charge < -0.3 is 35.2 Å². The number of nitrogens with one attached hydrogen (secondary N) is 3. The summed E-state index contributed by atoms with van der Waals surface area (Å²) in [4.78, 5) is 36.7. The van der Waals surface area contributed by atoms with Gasteiger partial charge in [-0.05, 0) is 44.8 Å². The van der Waals surface area contributed by atoms with Crippen LogP contribution in [0.2, 0.25) is 0 Å². The van der Waals surface area contributed by atoms with E-state index in [0.29, 0.717) is 38.1 Å². The Bertz CT molecular complexity index is 1460. The van der Waals surface area contributed by atoms with Crippen LogP contribution in [-0.4, -0.2) is 89.6 Å². The summed E-state index contributed by atoms with van der Waals surface area (Å²) in [6.07, 6.45) is 1.03. The number of carbonyl (C=O) groups is 2. The van der Waals surface area contributed by atoms with Gasteiger partial charge in [-0.3, -0.25) is 9.48 Å². The minimum absolute atomic E-state index is 0.263. The summed E-state index contributed by atoms with van der Waals surface area (Å²) >= 11 is 0. The highest BCUT2D eigenvalue weighted by atomic mass is 19.4. The number of ether oxygens (including phenoxy) is 2. The molecule has 1 saturated heterocycles. The van der Waals surface area contributed by atoms with Crippen molar-refractivity contribution in [3.8, 4) is 0 Å². The number of hydrogen-bond acceptors (Lipinski definition) is 11. The Kier molecular flexibility index (Phi) is 10.7. The van der Waals surface area contributed by atoms with Gasteiger partial charge in [0.15, 0.2) is 11.6 Å². The van der Waals surface area contributed by atoms with E-state index >= 15 is 0 Å². The lowest BCUT2D eigenvalue weighted by molar-refractivity contribution is -0.195. The summed E-state index contributed by atoms with van der Waals surface area (Å²) in [6.45, 7) is 7.57. The number of hydrogen-bond donors (Lipinski definition) is 3. The highest BCUT2D eigenvalue weighted by Gasteiger charge is 2.42. The third-order valence-electron chi connectivity index (χ3n) is 6.35. The summed E-state index contributed by atoms with van der Waals surface area (Å²) < 4.78 is 48.7. The molecule has 0 unspecified atom stereocenters. The molecule has 3 heterocycles. The van der Waals surface area contributed by atoms with Gasteiger partial charge in [-0.1, -0.05) is 18.7 Å². The van der Waals surface area contributed by atoms with Gasteiger partial charge >= 0.3 is 12.1 Å². The van der Waals surface area contributed by atoms with Gasteiger partial charge in [-0.25, -0.2) is 9.78 Å². The van der Waals surface area contributed by atoms with Gasteiger partial charge in [0.1, 0.15) is 0 Å². The van der Waals surface area contributed by atoms with Crippen LogP contribution in [0.25, 0.3) is 0 Å². The third kappa shape index (κ3) is 9.40. The minimum Gasteiger partial charge on any atom is -0.415 e. The molecule has 2 aromatic heterocycles. The van der Waals surface area contributed by atoms with Crippen LogP contribution in [0, 0.1) is 0 Å². The predicted molar refractivity (Wildman–Crippen MR) is 157 cm³/mol. The van der Waals surface area contributed by atoms with Crippen molar-refractivity contribution in [1.82, 2.24) is 24.6 Å². The molecule has 0 spiro atoms. The molecule has 0 atom stereocenters. The number of morpholine rings is 1. The maximum absolute atomic E-state index is 12.4. The fourth-order valence-corrected chi connectivity index (χ4v) is 4.19. The molecule has 1 aliphatic heterocycles. The molecule has 3 aromatic rings. The Hall–Kier alpha value is -4.70. The molecule has 1 fully saturated rings. The average Bonchev–Trinajstić information content (AvgIpc) is 3.43. The number of esters is 1. The van der Waals surface area contributed by atoms with Crippen molar-refractivity contribution in [3.63, 3.8) is 0 Å². The van der Waals surface area contributed by atoms with Gasteiger partial charge in [-0.2, -0.15) is 23.3 Å². The smallest absolute Gasteiger partial charge is 0.415 e. The van der Waals surface area contributed by atoms with Gasteiger partial charge in [0, 0.05) is 38.1 Å². The normalized spacial score (nSPS) is 13.5. The molecule has 0 aliphatic carbocycles. The largest absolute Gasteiger partial charge is 0.491 e. The zero-order valence-corrected chi connectivity index (χ0v) is 24.4. The number of alkyl halides is 3. The van der Waals surface area contributed by atoms with Crippen LogP contribution >= 0.6 is 0 Å². The van der Waals surface area contributed by atoms with Crippen LogP contribution in [0.3, 0.4) is 0 Å². The molecule has 13 nitrogen and oxygen atoms in total. The van der Waals surface area contributed by atoms with Crippen LogP contribution in [0.5, 0.6) is 0 Å². The van der Waals surface area contributed by atoms with Gasteiger partial charge in [0.05, 0.1) is 37.0 Å². The molecular weight excluding hydrogens is 583 g/mol. The molecule has 0 bridgehead atoms. The molecule has 0 radical (unpaired) electrons. The number of amides is 1. The van der Waals surface area contributed by atoms with E-state index in [2.05, 4.69) is 47.1 Å². The van der Waals surface area contributed by atoms with Crippen molar-refractivity contribution in [2.75, 3.05) is 67.8 Å². The topological polar surface area (TPSA) is 139 Å². The number of aryl methyl sites for hydroxylation is 1. The summed E-state index contributed by atoms with van der Waals surface area (Å²) in [5, 5.41) is 13.3. The molecule has 4 rings (SSSR count). The fraction of sp³-hybridized carbons (Fsp3) is 0.393. The van der Waals surface area contributed by atoms with Crippen molar-refractivity contribution in [2.24, 2.45) is 0 Å². The first kappa shape index (κ1) is 32.2. The van der Waals surface area contributed by atoms with E-state index in [-0.39, 0.29) is 12.2 Å². The van der Waals surface area contributed by atoms with Gasteiger partial charge in [-0.15, -0.1) is 0 Å². The molecule has 236 valence electrons. The SMILES string of the molecule is C=C(OC(=O)C(F)(F)F)C(=O)Nc1cccc(CNc2nc(Nc3cnn(CCCN(C)C)c3)ncc2N2CCOCC2)c1. The zero-order chi connectivity index (χ0) is 31.7. The van der Waals surface area contributed by atoms with Gasteiger partial charge in [0.25, 0.3) is 5.91 Å². The summed E-state index contributed by atoms with van der Waals surface area (Å²) in [6, 6.07) is 6.60. The van der Waals surface area contributed by atoms with Crippen LogP contribution < -0.4 is 20.9 Å². The number of halogens is 3. The standard InChI is InChI=1S/C28H34F3N9O4/c1-19(44-26(42)28(29,30)31)25(41)35-21-7-4-6-20(14-21)15-32-24-23(39-10-12-43-13-11-39)17-33-27(37-24)36-22-16-34-40(18-22)9-5-8-38(2)3/h4,6-7,14,16-18H,1,5,8-13,15H2,2-3H3,(H,35,41)(H2,32,33,36,37). The average molecular weight is 618 g/mol. The van der Waals surface area contributed by atoms with Crippen molar-refractivity contribution in [2.45, 2.75) is 25.7 Å².